The second-order valence-electron chi connectivity index (χ2n) is 4.36. The lowest BCUT2D eigenvalue weighted by molar-refractivity contribution is -0.213. The highest BCUT2D eigenvalue weighted by Crippen LogP contribution is 2.21. The third kappa shape index (κ3) is 2.34. The van der Waals surface area contributed by atoms with Gasteiger partial charge in [-0.15, -0.1) is 0 Å². The Labute approximate surface area is 85.3 Å². The normalized spacial score (nSPS) is 13.0. The Kier molecular flexibility index (Phi) is 2.94. The summed E-state index contributed by atoms with van der Waals surface area (Å²) in [5.74, 6) is -0.162. The van der Waals surface area contributed by atoms with Crippen molar-refractivity contribution in [3.05, 3.63) is 35.4 Å². The van der Waals surface area contributed by atoms with Crippen LogP contribution in [-0.2, 0) is 5.41 Å². The molecular formula is C12H16NO-. The maximum absolute atomic E-state index is 11.2. The number of rotatable bonds is 1. The van der Waals surface area contributed by atoms with Gasteiger partial charge in [0.15, 0.2) is 0 Å². The van der Waals surface area contributed by atoms with E-state index >= 15 is 0 Å². The van der Waals surface area contributed by atoms with Crippen LogP contribution in [0.15, 0.2) is 29.3 Å². The van der Waals surface area contributed by atoms with Gasteiger partial charge in [-0.3, -0.25) is 0 Å². The summed E-state index contributed by atoms with van der Waals surface area (Å²) in [5.41, 5.74) is 2.01. The summed E-state index contributed by atoms with van der Waals surface area (Å²) < 4.78 is 0. The molecule has 0 saturated heterocycles. The van der Waals surface area contributed by atoms with Gasteiger partial charge in [0.2, 0.25) is 0 Å². The first-order valence-corrected chi connectivity index (χ1v) is 4.70. The predicted octanol–water partition coefficient (Wildman–Crippen LogP) is 1.72. The third-order valence-electron chi connectivity index (χ3n) is 2.20. The van der Waals surface area contributed by atoms with E-state index in [4.69, 9.17) is 0 Å². The number of hydrogen-bond donors (Lipinski definition) is 0. The zero-order valence-corrected chi connectivity index (χ0v) is 9.16. The molecule has 0 radical (unpaired) electrons. The van der Waals surface area contributed by atoms with E-state index in [1.807, 2.05) is 24.3 Å². The minimum atomic E-state index is -0.162. The smallest absolute Gasteiger partial charge is 0.0270 e. The molecule has 0 amide bonds. The molecule has 1 aromatic rings. The van der Waals surface area contributed by atoms with Gasteiger partial charge in [0.05, 0.1) is 0 Å². The molecule has 14 heavy (non-hydrogen) atoms. The molecule has 2 nitrogen and oxygen atoms in total. The van der Waals surface area contributed by atoms with Crippen molar-refractivity contribution in [2.75, 3.05) is 7.05 Å². The molecule has 0 heterocycles. The minimum Gasteiger partial charge on any atom is -0.859 e. The monoisotopic (exact) mass is 190 g/mol. The fraction of sp³-hybridized carbons (Fsp3) is 0.417. The van der Waals surface area contributed by atoms with Gasteiger partial charge >= 0.3 is 0 Å². The van der Waals surface area contributed by atoms with E-state index in [-0.39, 0.29) is 11.3 Å². The number of hydrogen-bond acceptors (Lipinski definition) is 2. The van der Waals surface area contributed by atoms with E-state index in [9.17, 15) is 5.11 Å². The van der Waals surface area contributed by atoms with E-state index < -0.39 is 0 Å². The highest BCUT2D eigenvalue weighted by Gasteiger charge is 2.12. The lowest BCUT2D eigenvalue weighted by Crippen LogP contribution is -2.19. The lowest BCUT2D eigenvalue weighted by Gasteiger charge is -2.19. The van der Waals surface area contributed by atoms with Crippen molar-refractivity contribution in [2.24, 2.45) is 4.99 Å². The summed E-state index contributed by atoms with van der Waals surface area (Å²) in [6.45, 7) is 6.44. The second kappa shape index (κ2) is 3.82. The Hall–Kier alpha value is -1.31. The molecule has 76 valence electrons. The van der Waals surface area contributed by atoms with E-state index in [0.29, 0.717) is 5.56 Å². The SMILES string of the molecule is CN=C([O-])c1ccc(C(C)(C)C)cc1. The van der Waals surface area contributed by atoms with E-state index in [2.05, 4.69) is 25.8 Å². The second-order valence-corrected chi connectivity index (χ2v) is 4.36. The first-order chi connectivity index (χ1) is 6.45. The first-order valence-electron chi connectivity index (χ1n) is 4.70. The quantitative estimate of drug-likeness (QED) is 0.490. The van der Waals surface area contributed by atoms with Crippen molar-refractivity contribution in [2.45, 2.75) is 26.2 Å². The van der Waals surface area contributed by atoms with Crippen molar-refractivity contribution in [1.29, 1.82) is 0 Å². The van der Waals surface area contributed by atoms with Crippen LogP contribution in [0.1, 0.15) is 31.9 Å². The average Bonchev–Trinajstić information content (AvgIpc) is 2.15. The van der Waals surface area contributed by atoms with Crippen molar-refractivity contribution >= 4 is 5.90 Å². The Morgan fingerprint density at radius 3 is 2.00 bits per heavy atom. The highest BCUT2D eigenvalue weighted by molar-refractivity contribution is 5.90. The molecule has 0 bridgehead atoms. The molecular weight excluding hydrogens is 174 g/mol. The largest absolute Gasteiger partial charge is 0.859 e. The van der Waals surface area contributed by atoms with Gasteiger partial charge in [0.25, 0.3) is 0 Å². The van der Waals surface area contributed by atoms with Crippen molar-refractivity contribution in [1.82, 2.24) is 0 Å². The standard InChI is InChI=1S/C12H17NO/c1-12(2,3)10-7-5-9(6-8-10)11(14)13-4/h5-8H,1-4H3,(H,13,14)/p-1. The summed E-state index contributed by atoms with van der Waals surface area (Å²) in [4.78, 5) is 3.61. The van der Waals surface area contributed by atoms with Crippen LogP contribution in [0.4, 0.5) is 0 Å². The lowest BCUT2D eigenvalue weighted by atomic mass is 9.87. The van der Waals surface area contributed by atoms with Gasteiger partial charge < -0.3 is 10.1 Å². The Morgan fingerprint density at radius 2 is 1.64 bits per heavy atom. The van der Waals surface area contributed by atoms with Crippen LogP contribution in [0.2, 0.25) is 0 Å². The van der Waals surface area contributed by atoms with Crippen LogP contribution in [0, 0.1) is 0 Å². The number of nitrogens with zero attached hydrogens (tertiary/aromatic N) is 1. The molecule has 1 rings (SSSR count). The van der Waals surface area contributed by atoms with Crippen molar-refractivity contribution in [3.63, 3.8) is 0 Å². The number of benzene rings is 1. The van der Waals surface area contributed by atoms with E-state index in [0.717, 1.165) is 0 Å². The Morgan fingerprint density at radius 1 is 1.14 bits per heavy atom. The Balaban J connectivity index is 3.01. The molecule has 0 unspecified atom stereocenters. The van der Waals surface area contributed by atoms with Gasteiger partial charge in [0, 0.05) is 7.05 Å². The summed E-state index contributed by atoms with van der Waals surface area (Å²) in [7, 11) is 1.51. The van der Waals surface area contributed by atoms with Crippen LogP contribution >= 0.6 is 0 Å². The van der Waals surface area contributed by atoms with Gasteiger partial charge in [-0.2, -0.15) is 0 Å². The first kappa shape index (κ1) is 10.8. The Bertz CT molecular complexity index is 330. The molecule has 2 heteroatoms. The van der Waals surface area contributed by atoms with Gasteiger partial charge in [-0.25, -0.2) is 0 Å². The third-order valence-corrected chi connectivity index (χ3v) is 2.20. The fourth-order valence-electron chi connectivity index (χ4n) is 1.24. The zero-order chi connectivity index (χ0) is 10.8. The van der Waals surface area contributed by atoms with Crippen LogP contribution in [0.25, 0.3) is 0 Å². The molecule has 0 N–H and O–H groups in total. The minimum absolute atomic E-state index is 0.130. The van der Waals surface area contributed by atoms with Crippen LogP contribution < -0.4 is 5.11 Å². The maximum atomic E-state index is 11.2. The molecule has 0 aromatic heterocycles. The van der Waals surface area contributed by atoms with Crippen molar-refractivity contribution in [3.8, 4) is 0 Å². The molecule has 0 aliphatic carbocycles. The maximum Gasteiger partial charge on any atom is 0.0270 e. The molecule has 0 atom stereocenters. The molecule has 1 aromatic carbocycles. The van der Waals surface area contributed by atoms with E-state index in [1.54, 1.807) is 0 Å². The molecule has 0 fully saturated rings. The topological polar surface area (TPSA) is 35.4 Å². The molecule has 0 spiro atoms. The molecule has 0 saturated carbocycles. The molecule has 0 aliphatic heterocycles. The van der Waals surface area contributed by atoms with Crippen LogP contribution in [0.5, 0.6) is 0 Å². The zero-order valence-electron chi connectivity index (χ0n) is 9.16. The fourth-order valence-corrected chi connectivity index (χ4v) is 1.24. The summed E-state index contributed by atoms with van der Waals surface area (Å²) in [6, 6.07) is 7.63. The summed E-state index contributed by atoms with van der Waals surface area (Å²) >= 11 is 0. The average molecular weight is 190 g/mol. The van der Waals surface area contributed by atoms with Gasteiger partial charge in [-0.1, -0.05) is 45.0 Å². The van der Waals surface area contributed by atoms with Crippen molar-refractivity contribution < 1.29 is 5.11 Å². The van der Waals surface area contributed by atoms with Gasteiger partial charge in [-0.05, 0) is 22.4 Å². The summed E-state index contributed by atoms with van der Waals surface area (Å²) in [6.07, 6.45) is 0. The summed E-state index contributed by atoms with van der Waals surface area (Å²) in [5, 5.41) is 11.2. The van der Waals surface area contributed by atoms with E-state index in [1.165, 1.54) is 12.6 Å². The van der Waals surface area contributed by atoms with Gasteiger partial charge in [0.1, 0.15) is 0 Å². The predicted molar refractivity (Wildman–Crippen MR) is 57.6 cm³/mol. The van der Waals surface area contributed by atoms with Crippen LogP contribution in [0.3, 0.4) is 0 Å². The molecule has 0 aliphatic rings. The number of aliphatic imine (C=N–C) groups is 1. The van der Waals surface area contributed by atoms with Crippen LogP contribution in [-0.4, -0.2) is 12.9 Å². The highest BCUT2D eigenvalue weighted by atomic mass is 16.3.